The first-order valence-corrected chi connectivity index (χ1v) is 6.35. The van der Waals surface area contributed by atoms with Gasteiger partial charge < -0.3 is 9.84 Å². The van der Waals surface area contributed by atoms with Crippen LogP contribution >= 0.6 is 23.2 Å². The van der Waals surface area contributed by atoms with Gasteiger partial charge in [0.2, 0.25) is 0 Å². The van der Waals surface area contributed by atoms with Crippen molar-refractivity contribution in [3.05, 3.63) is 33.8 Å². The number of aliphatic carboxylic acids is 1. The van der Waals surface area contributed by atoms with Gasteiger partial charge in [-0.3, -0.25) is 9.69 Å². The maximum absolute atomic E-state index is 11.4. The van der Waals surface area contributed by atoms with Crippen molar-refractivity contribution < 1.29 is 14.6 Å². The fraction of sp³-hybridized carbons (Fsp3) is 0.417. The van der Waals surface area contributed by atoms with Crippen molar-refractivity contribution >= 4 is 29.2 Å². The van der Waals surface area contributed by atoms with Gasteiger partial charge in [-0.05, 0) is 17.7 Å². The molecule has 1 fully saturated rings. The Morgan fingerprint density at radius 2 is 1.94 bits per heavy atom. The molecule has 6 heteroatoms. The van der Waals surface area contributed by atoms with E-state index in [1.165, 1.54) is 0 Å². The Kier molecular flexibility index (Phi) is 4.45. The van der Waals surface area contributed by atoms with Crippen LogP contribution in [-0.4, -0.2) is 42.3 Å². The maximum Gasteiger partial charge on any atom is 0.325 e. The minimum absolute atomic E-state index is 0.369. The van der Waals surface area contributed by atoms with Gasteiger partial charge >= 0.3 is 5.97 Å². The van der Waals surface area contributed by atoms with Crippen molar-refractivity contribution in [2.45, 2.75) is 6.04 Å². The van der Waals surface area contributed by atoms with E-state index in [2.05, 4.69) is 0 Å². The van der Waals surface area contributed by atoms with Crippen LogP contribution < -0.4 is 0 Å². The quantitative estimate of drug-likeness (QED) is 0.929. The molecule has 1 aromatic rings. The Balaban J connectivity index is 2.28. The number of halogens is 2. The number of benzene rings is 1. The highest BCUT2D eigenvalue weighted by Gasteiger charge is 2.29. The van der Waals surface area contributed by atoms with Gasteiger partial charge in [0, 0.05) is 13.1 Å². The van der Waals surface area contributed by atoms with E-state index >= 15 is 0 Å². The summed E-state index contributed by atoms with van der Waals surface area (Å²) < 4.78 is 5.23. The first kappa shape index (κ1) is 13.6. The van der Waals surface area contributed by atoms with Crippen LogP contribution in [0.25, 0.3) is 0 Å². The van der Waals surface area contributed by atoms with Crippen LogP contribution in [-0.2, 0) is 9.53 Å². The van der Waals surface area contributed by atoms with E-state index in [9.17, 15) is 9.90 Å². The van der Waals surface area contributed by atoms with Crippen LogP contribution in [0.15, 0.2) is 18.2 Å². The second kappa shape index (κ2) is 5.89. The predicted molar refractivity (Wildman–Crippen MR) is 69.2 cm³/mol. The molecule has 1 unspecified atom stereocenters. The van der Waals surface area contributed by atoms with E-state index < -0.39 is 12.0 Å². The average Bonchev–Trinajstić information content (AvgIpc) is 2.35. The molecule has 1 aliphatic heterocycles. The first-order chi connectivity index (χ1) is 8.59. The smallest absolute Gasteiger partial charge is 0.325 e. The van der Waals surface area contributed by atoms with Gasteiger partial charge in [0.05, 0.1) is 23.3 Å². The molecular formula is C12H13Cl2NO3. The molecule has 0 aromatic heterocycles. The Hall–Kier alpha value is -0.810. The summed E-state index contributed by atoms with van der Waals surface area (Å²) in [5.74, 6) is -0.893. The summed E-state index contributed by atoms with van der Waals surface area (Å²) in [5.41, 5.74) is 0.638. The third kappa shape index (κ3) is 2.95. The summed E-state index contributed by atoms with van der Waals surface area (Å²) in [7, 11) is 0. The fourth-order valence-corrected chi connectivity index (χ4v) is 2.33. The van der Waals surface area contributed by atoms with Crippen LogP contribution in [0.3, 0.4) is 0 Å². The van der Waals surface area contributed by atoms with Crippen molar-refractivity contribution in [1.29, 1.82) is 0 Å². The van der Waals surface area contributed by atoms with Crippen molar-refractivity contribution in [1.82, 2.24) is 4.90 Å². The first-order valence-electron chi connectivity index (χ1n) is 5.59. The third-order valence-corrected chi connectivity index (χ3v) is 3.64. The molecule has 0 aliphatic carbocycles. The average molecular weight is 290 g/mol. The number of ether oxygens (including phenoxy) is 1. The second-order valence-electron chi connectivity index (χ2n) is 4.06. The van der Waals surface area contributed by atoms with Crippen molar-refractivity contribution in [3.8, 4) is 0 Å². The summed E-state index contributed by atoms with van der Waals surface area (Å²) in [6, 6.07) is 4.22. The van der Waals surface area contributed by atoms with Crippen LogP contribution in [0, 0.1) is 0 Å². The van der Waals surface area contributed by atoms with Gasteiger partial charge in [0.15, 0.2) is 0 Å². The number of carboxylic acids is 1. The Morgan fingerprint density at radius 3 is 2.50 bits per heavy atom. The molecule has 0 spiro atoms. The highest BCUT2D eigenvalue weighted by atomic mass is 35.5. The SMILES string of the molecule is O=C(O)C(c1ccc(Cl)c(Cl)c1)N1CCOCC1. The number of hydrogen-bond donors (Lipinski definition) is 1. The van der Waals surface area contributed by atoms with Gasteiger partial charge in [-0.15, -0.1) is 0 Å². The number of rotatable bonds is 3. The zero-order valence-electron chi connectivity index (χ0n) is 9.60. The zero-order valence-corrected chi connectivity index (χ0v) is 11.1. The molecule has 0 radical (unpaired) electrons. The van der Waals surface area contributed by atoms with E-state index in [-0.39, 0.29) is 0 Å². The summed E-state index contributed by atoms with van der Waals surface area (Å²) in [6.45, 7) is 2.28. The molecule has 1 saturated heterocycles. The Labute approximate surface area is 115 Å². The van der Waals surface area contributed by atoms with Gasteiger partial charge in [0.1, 0.15) is 6.04 Å². The molecule has 98 valence electrons. The number of hydrogen-bond acceptors (Lipinski definition) is 3. The topological polar surface area (TPSA) is 49.8 Å². The standard InChI is InChI=1S/C12H13Cl2NO3/c13-9-2-1-8(7-10(9)14)11(12(16)17)15-3-5-18-6-4-15/h1-2,7,11H,3-6H2,(H,16,17). The predicted octanol–water partition coefficient (Wildman–Crippen LogP) is 2.45. The van der Waals surface area contributed by atoms with E-state index in [4.69, 9.17) is 27.9 Å². The van der Waals surface area contributed by atoms with Crippen LogP contribution in [0.5, 0.6) is 0 Å². The highest BCUT2D eigenvalue weighted by Crippen LogP contribution is 2.29. The van der Waals surface area contributed by atoms with Crippen LogP contribution in [0.1, 0.15) is 11.6 Å². The zero-order chi connectivity index (χ0) is 13.1. The maximum atomic E-state index is 11.4. The molecule has 0 saturated carbocycles. The normalized spacial score (nSPS) is 18.6. The lowest BCUT2D eigenvalue weighted by Crippen LogP contribution is -2.42. The number of nitrogens with zero attached hydrogens (tertiary/aromatic N) is 1. The minimum Gasteiger partial charge on any atom is -0.480 e. The minimum atomic E-state index is -0.893. The summed E-state index contributed by atoms with van der Waals surface area (Å²) in [6.07, 6.45) is 0. The summed E-state index contributed by atoms with van der Waals surface area (Å²) in [4.78, 5) is 13.3. The molecule has 1 aliphatic rings. The molecule has 1 N–H and O–H groups in total. The number of carboxylic acid groups (broad SMARTS) is 1. The number of carbonyl (C=O) groups is 1. The van der Waals surface area contributed by atoms with Crippen LogP contribution in [0.4, 0.5) is 0 Å². The molecule has 1 heterocycles. The van der Waals surface area contributed by atoms with E-state index in [1.54, 1.807) is 18.2 Å². The number of morpholine rings is 1. The van der Waals surface area contributed by atoms with E-state index in [1.807, 2.05) is 4.90 Å². The lowest BCUT2D eigenvalue weighted by molar-refractivity contribution is -0.145. The summed E-state index contributed by atoms with van der Waals surface area (Å²) in [5, 5.41) is 10.2. The fourth-order valence-electron chi connectivity index (χ4n) is 2.03. The lowest BCUT2D eigenvalue weighted by Gasteiger charge is -2.32. The van der Waals surface area contributed by atoms with E-state index in [0.29, 0.717) is 41.9 Å². The van der Waals surface area contributed by atoms with Gasteiger partial charge in [-0.2, -0.15) is 0 Å². The summed E-state index contributed by atoms with van der Waals surface area (Å²) >= 11 is 11.8. The third-order valence-electron chi connectivity index (χ3n) is 2.90. The Morgan fingerprint density at radius 1 is 1.28 bits per heavy atom. The molecule has 1 aromatic carbocycles. The Bertz CT molecular complexity index is 447. The lowest BCUT2D eigenvalue weighted by atomic mass is 10.1. The molecule has 0 amide bonds. The van der Waals surface area contributed by atoms with E-state index in [0.717, 1.165) is 0 Å². The molecule has 2 rings (SSSR count). The molecule has 1 atom stereocenters. The van der Waals surface area contributed by atoms with Crippen molar-refractivity contribution in [3.63, 3.8) is 0 Å². The second-order valence-corrected chi connectivity index (χ2v) is 4.88. The largest absolute Gasteiger partial charge is 0.480 e. The highest BCUT2D eigenvalue weighted by molar-refractivity contribution is 6.42. The van der Waals surface area contributed by atoms with Gasteiger partial charge in [0.25, 0.3) is 0 Å². The molecular weight excluding hydrogens is 277 g/mol. The van der Waals surface area contributed by atoms with Gasteiger partial charge in [-0.1, -0.05) is 29.3 Å². The molecule has 18 heavy (non-hydrogen) atoms. The van der Waals surface area contributed by atoms with Crippen LogP contribution in [0.2, 0.25) is 10.0 Å². The van der Waals surface area contributed by atoms with Crippen molar-refractivity contribution in [2.75, 3.05) is 26.3 Å². The molecule has 0 bridgehead atoms. The van der Waals surface area contributed by atoms with Gasteiger partial charge in [-0.25, -0.2) is 0 Å². The molecule has 4 nitrogen and oxygen atoms in total. The van der Waals surface area contributed by atoms with Crippen molar-refractivity contribution in [2.24, 2.45) is 0 Å². The monoisotopic (exact) mass is 289 g/mol.